The number of hydrogen-bond donors (Lipinski definition) is 1. The Morgan fingerprint density at radius 1 is 1.36 bits per heavy atom. The average Bonchev–Trinajstić information content (AvgIpc) is 2.12. The molecule has 0 saturated heterocycles. The maximum Gasteiger partial charge on any atom is 0.246 e. The molecule has 1 aliphatic rings. The molecule has 14 heavy (non-hydrogen) atoms. The van der Waals surface area contributed by atoms with Crippen molar-refractivity contribution >= 4 is 5.91 Å². The Balaban J connectivity index is 2.29. The lowest BCUT2D eigenvalue weighted by Gasteiger charge is -2.32. The van der Waals surface area contributed by atoms with Crippen molar-refractivity contribution < 1.29 is 9.53 Å². The molecule has 1 aliphatic carbocycles. The fourth-order valence-electron chi connectivity index (χ4n) is 2.08. The van der Waals surface area contributed by atoms with Gasteiger partial charge in [0.05, 0.1) is 0 Å². The topological polar surface area (TPSA) is 38.3 Å². The van der Waals surface area contributed by atoms with Gasteiger partial charge < -0.3 is 10.1 Å². The highest BCUT2D eigenvalue weighted by molar-refractivity contribution is 5.77. The van der Waals surface area contributed by atoms with E-state index in [9.17, 15) is 4.79 Å². The van der Waals surface area contributed by atoms with E-state index in [4.69, 9.17) is 4.74 Å². The minimum absolute atomic E-state index is 0.0132. The third-order valence-corrected chi connectivity index (χ3v) is 3.24. The van der Waals surface area contributed by atoms with Crippen molar-refractivity contribution in [3.63, 3.8) is 0 Å². The van der Waals surface area contributed by atoms with Crippen molar-refractivity contribution in [2.24, 2.45) is 11.8 Å². The van der Waals surface area contributed by atoms with Crippen LogP contribution in [0.1, 0.15) is 33.1 Å². The molecule has 0 bridgehead atoms. The second-order valence-electron chi connectivity index (χ2n) is 4.47. The largest absolute Gasteiger partial charge is 0.375 e. The van der Waals surface area contributed by atoms with Crippen LogP contribution in [0.3, 0.4) is 0 Å². The van der Waals surface area contributed by atoms with Crippen LogP contribution in [0.15, 0.2) is 0 Å². The maximum absolute atomic E-state index is 11.3. The van der Waals surface area contributed by atoms with Gasteiger partial charge in [-0.1, -0.05) is 13.8 Å². The number of methoxy groups -OCH3 is 1. The van der Waals surface area contributed by atoms with E-state index < -0.39 is 0 Å². The van der Waals surface area contributed by atoms with E-state index in [1.807, 2.05) is 0 Å². The molecular weight excluding hydrogens is 178 g/mol. The van der Waals surface area contributed by atoms with Gasteiger partial charge in [0.15, 0.2) is 0 Å². The van der Waals surface area contributed by atoms with Gasteiger partial charge in [0.2, 0.25) is 5.91 Å². The molecule has 3 atom stereocenters. The van der Waals surface area contributed by atoms with E-state index in [-0.39, 0.29) is 12.5 Å². The van der Waals surface area contributed by atoms with Crippen LogP contribution in [0.4, 0.5) is 0 Å². The first kappa shape index (κ1) is 11.5. The average molecular weight is 199 g/mol. The summed E-state index contributed by atoms with van der Waals surface area (Å²) in [6.07, 6.45) is 3.44. The summed E-state index contributed by atoms with van der Waals surface area (Å²) < 4.78 is 4.78. The Hall–Kier alpha value is -0.570. The Morgan fingerprint density at radius 3 is 2.64 bits per heavy atom. The lowest BCUT2D eigenvalue weighted by atomic mass is 9.79. The molecule has 1 fully saturated rings. The summed E-state index contributed by atoms with van der Waals surface area (Å²) in [6, 6.07) is 0.365. The number of amides is 1. The normalized spacial score (nSPS) is 32.6. The molecule has 0 aromatic carbocycles. The van der Waals surface area contributed by atoms with E-state index >= 15 is 0 Å². The smallest absolute Gasteiger partial charge is 0.246 e. The summed E-state index contributed by atoms with van der Waals surface area (Å²) >= 11 is 0. The zero-order valence-corrected chi connectivity index (χ0v) is 9.38. The maximum atomic E-state index is 11.3. The van der Waals surface area contributed by atoms with Gasteiger partial charge in [0.1, 0.15) is 6.61 Å². The van der Waals surface area contributed by atoms with Crippen molar-refractivity contribution in [1.29, 1.82) is 0 Å². The molecular formula is C11H21NO2. The summed E-state index contributed by atoms with van der Waals surface area (Å²) in [7, 11) is 1.55. The SMILES string of the molecule is COCC(=O)NC1CCC(C)C(C)C1. The zero-order chi connectivity index (χ0) is 10.6. The van der Waals surface area contributed by atoms with E-state index in [1.165, 1.54) is 6.42 Å². The molecule has 3 heteroatoms. The van der Waals surface area contributed by atoms with E-state index in [0.29, 0.717) is 6.04 Å². The van der Waals surface area contributed by atoms with E-state index in [2.05, 4.69) is 19.2 Å². The van der Waals surface area contributed by atoms with E-state index in [1.54, 1.807) is 7.11 Å². The van der Waals surface area contributed by atoms with Crippen molar-refractivity contribution in [3.8, 4) is 0 Å². The fourth-order valence-corrected chi connectivity index (χ4v) is 2.08. The number of ether oxygens (including phenoxy) is 1. The van der Waals surface area contributed by atoms with Crippen LogP contribution in [0, 0.1) is 11.8 Å². The third kappa shape index (κ3) is 3.29. The molecule has 0 radical (unpaired) electrons. The standard InChI is InChI=1S/C11H21NO2/c1-8-4-5-10(6-9(8)2)12-11(13)7-14-3/h8-10H,4-7H2,1-3H3,(H,12,13). The molecule has 0 aromatic rings. The minimum Gasteiger partial charge on any atom is -0.375 e. The van der Waals surface area contributed by atoms with Gasteiger partial charge in [-0.05, 0) is 31.1 Å². The quantitative estimate of drug-likeness (QED) is 0.749. The van der Waals surface area contributed by atoms with Gasteiger partial charge in [0, 0.05) is 13.2 Å². The Labute approximate surface area is 86.2 Å². The molecule has 3 nitrogen and oxygen atoms in total. The van der Waals surface area contributed by atoms with Crippen LogP contribution in [0.2, 0.25) is 0 Å². The highest BCUT2D eigenvalue weighted by Gasteiger charge is 2.25. The fraction of sp³-hybridized carbons (Fsp3) is 0.909. The van der Waals surface area contributed by atoms with Gasteiger partial charge in [0.25, 0.3) is 0 Å². The second-order valence-corrected chi connectivity index (χ2v) is 4.47. The first-order valence-electron chi connectivity index (χ1n) is 5.41. The van der Waals surface area contributed by atoms with Gasteiger partial charge in [-0.25, -0.2) is 0 Å². The van der Waals surface area contributed by atoms with Gasteiger partial charge in [-0.2, -0.15) is 0 Å². The predicted molar refractivity (Wildman–Crippen MR) is 56.0 cm³/mol. The Morgan fingerprint density at radius 2 is 2.07 bits per heavy atom. The van der Waals surface area contributed by atoms with Crippen molar-refractivity contribution in [1.82, 2.24) is 5.32 Å². The van der Waals surface area contributed by atoms with Crippen LogP contribution in [-0.2, 0) is 9.53 Å². The second kappa shape index (κ2) is 5.35. The minimum atomic E-state index is 0.0132. The summed E-state index contributed by atoms with van der Waals surface area (Å²) in [5.74, 6) is 1.53. The lowest BCUT2D eigenvalue weighted by Crippen LogP contribution is -2.41. The molecule has 0 spiro atoms. The van der Waals surface area contributed by atoms with E-state index in [0.717, 1.165) is 24.7 Å². The van der Waals surface area contributed by atoms with Crippen LogP contribution in [0.25, 0.3) is 0 Å². The molecule has 0 heterocycles. The first-order chi connectivity index (χ1) is 6.63. The van der Waals surface area contributed by atoms with Crippen LogP contribution in [-0.4, -0.2) is 25.7 Å². The molecule has 1 amide bonds. The summed E-state index contributed by atoms with van der Waals surface area (Å²) in [5, 5.41) is 3.01. The molecule has 82 valence electrons. The number of hydrogen-bond acceptors (Lipinski definition) is 2. The van der Waals surface area contributed by atoms with Crippen LogP contribution < -0.4 is 5.32 Å². The molecule has 1 saturated carbocycles. The van der Waals surface area contributed by atoms with Gasteiger partial charge >= 0.3 is 0 Å². The van der Waals surface area contributed by atoms with Crippen molar-refractivity contribution in [2.45, 2.75) is 39.2 Å². The van der Waals surface area contributed by atoms with Gasteiger partial charge in [-0.3, -0.25) is 4.79 Å². The highest BCUT2D eigenvalue weighted by Crippen LogP contribution is 2.29. The molecule has 0 aliphatic heterocycles. The number of nitrogens with one attached hydrogen (secondary N) is 1. The van der Waals surface area contributed by atoms with Crippen molar-refractivity contribution in [3.05, 3.63) is 0 Å². The van der Waals surface area contributed by atoms with Gasteiger partial charge in [-0.15, -0.1) is 0 Å². The molecule has 3 unspecified atom stereocenters. The third-order valence-electron chi connectivity index (χ3n) is 3.24. The summed E-state index contributed by atoms with van der Waals surface area (Å²) in [6.45, 7) is 4.73. The molecule has 1 N–H and O–H groups in total. The first-order valence-corrected chi connectivity index (χ1v) is 5.41. The molecule has 1 rings (SSSR count). The van der Waals surface area contributed by atoms with Crippen molar-refractivity contribution in [2.75, 3.05) is 13.7 Å². The predicted octanol–water partition coefficient (Wildman–Crippen LogP) is 1.57. The highest BCUT2D eigenvalue weighted by atomic mass is 16.5. The Kier molecular flexibility index (Phi) is 4.39. The summed E-state index contributed by atoms with van der Waals surface area (Å²) in [5.41, 5.74) is 0. The number of carbonyl (C=O) groups excluding carboxylic acids is 1. The number of rotatable bonds is 3. The van der Waals surface area contributed by atoms with Crippen LogP contribution in [0.5, 0.6) is 0 Å². The molecule has 0 aromatic heterocycles. The van der Waals surface area contributed by atoms with Crippen LogP contribution >= 0.6 is 0 Å². The number of carbonyl (C=O) groups is 1. The summed E-state index contributed by atoms with van der Waals surface area (Å²) in [4.78, 5) is 11.3. The lowest BCUT2D eigenvalue weighted by molar-refractivity contribution is -0.125. The monoisotopic (exact) mass is 199 g/mol. The zero-order valence-electron chi connectivity index (χ0n) is 9.38. The Bertz CT molecular complexity index is 194.